The van der Waals surface area contributed by atoms with Gasteiger partial charge in [0.15, 0.2) is 0 Å². The summed E-state index contributed by atoms with van der Waals surface area (Å²) in [4.78, 5) is 22.4. The number of rotatable bonds is 5. The summed E-state index contributed by atoms with van der Waals surface area (Å²) in [6.07, 6.45) is 3.55. The summed E-state index contributed by atoms with van der Waals surface area (Å²) in [5.41, 5.74) is 0. The van der Waals surface area contributed by atoms with Gasteiger partial charge in [-0.25, -0.2) is 9.78 Å². The smallest absolute Gasteiger partial charge is 0.409 e. The van der Waals surface area contributed by atoms with E-state index in [-0.39, 0.29) is 12.1 Å². The predicted molar refractivity (Wildman–Crippen MR) is 93.7 cm³/mol. The Kier molecular flexibility index (Phi) is 6.44. The minimum absolute atomic E-state index is 0.165. The van der Waals surface area contributed by atoms with Crippen LogP contribution in [0, 0.1) is 5.92 Å². The quantitative estimate of drug-likeness (QED) is 0.810. The molecule has 1 aliphatic heterocycles. The Balaban J connectivity index is 1.97. The SMILES string of the molecule is CCOC(=O)N1CCCC(C(C)Nc2ncc(Br)c(NC)n2)C1. The van der Waals surface area contributed by atoms with Crippen LogP contribution in [-0.2, 0) is 4.74 Å². The van der Waals surface area contributed by atoms with Crippen molar-refractivity contribution in [2.75, 3.05) is 37.4 Å². The number of ether oxygens (including phenoxy) is 1. The number of carbonyl (C=O) groups is 1. The van der Waals surface area contributed by atoms with Crippen LogP contribution in [0.4, 0.5) is 16.6 Å². The van der Waals surface area contributed by atoms with Gasteiger partial charge in [0.25, 0.3) is 0 Å². The van der Waals surface area contributed by atoms with E-state index in [0.717, 1.165) is 29.7 Å². The van der Waals surface area contributed by atoms with Crippen molar-refractivity contribution in [1.29, 1.82) is 0 Å². The molecule has 0 aromatic carbocycles. The van der Waals surface area contributed by atoms with Gasteiger partial charge in [0, 0.05) is 32.4 Å². The van der Waals surface area contributed by atoms with E-state index in [4.69, 9.17) is 4.74 Å². The first-order valence-corrected chi connectivity index (χ1v) is 8.73. The molecule has 1 fully saturated rings. The highest BCUT2D eigenvalue weighted by Crippen LogP contribution is 2.24. The molecule has 128 valence electrons. The molecule has 2 N–H and O–H groups in total. The van der Waals surface area contributed by atoms with Gasteiger partial charge in [0.2, 0.25) is 5.95 Å². The second-order valence-electron chi connectivity index (χ2n) is 5.62. The van der Waals surface area contributed by atoms with E-state index >= 15 is 0 Å². The molecule has 2 atom stereocenters. The normalized spacial score (nSPS) is 19.1. The van der Waals surface area contributed by atoms with Crippen LogP contribution in [-0.4, -0.2) is 53.7 Å². The van der Waals surface area contributed by atoms with Crippen LogP contribution < -0.4 is 10.6 Å². The van der Waals surface area contributed by atoms with Gasteiger partial charge in [0.1, 0.15) is 5.82 Å². The Morgan fingerprint density at radius 1 is 1.61 bits per heavy atom. The van der Waals surface area contributed by atoms with Crippen LogP contribution in [0.25, 0.3) is 0 Å². The maximum Gasteiger partial charge on any atom is 0.409 e. The molecule has 1 aromatic rings. The van der Waals surface area contributed by atoms with Crippen LogP contribution in [0.15, 0.2) is 10.7 Å². The molecule has 0 spiro atoms. The van der Waals surface area contributed by atoms with Crippen molar-refractivity contribution in [2.24, 2.45) is 5.92 Å². The van der Waals surface area contributed by atoms with E-state index in [0.29, 0.717) is 25.0 Å². The molecule has 0 radical (unpaired) electrons. The summed E-state index contributed by atoms with van der Waals surface area (Å²) in [6, 6.07) is 0.165. The molecule has 8 heteroatoms. The third-order valence-electron chi connectivity index (χ3n) is 4.03. The zero-order valence-electron chi connectivity index (χ0n) is 13.8. The Labute approximate surface area is 145 Å². The average molecular weight is 386 g/mol. The van der Waals surface area contributed by atoms with Gasteiger partial charge in [-0.15, -0.1) is 0 Å². The van der Waals surface area contributed by atoms with Gasteiger partial charge in [-0.1, -0.05) is 0 Å². The first-order chi connectivity index (χ1) is 11.0. The number of likely N-dealkylation sites (tertiary alicyclic amines) is 1. The number of halogens is 1. The predicted octanol–water partition coefficient (Wildman–Crippen LogP) is 2.95. The van der Waals surface area contributed by atoms with Crippen LogP contribution in [0.2, 0.25) is 0 Å². The number of aromatic nitrogens is 2. The van der Waals surface area contributed by atoms with Gasteiger partial charge in [-0.2, -0.15) is 4.98 Å². The summed E-state index contributed by atoms with van der Waals surface area (Å²) in [7, 11) is 1.82. The second kappa shape index (κ2) is 8.33. The van der Waals surface area contributed by atoms with Gasteiger partial charge >= 0.3 is 6.09 Å². The highest BCUT2D eigenvalue weighted by molar-refractivity contribution is 9.10. The fourth-order valence-electron chi connectivity index (χ4n) is 2.73. The van der Waals surface area contributed by atoms with E-state index in [2.05, 4.69) is 43.5 Å². The minimum atomic E-state index is -0.221. The molecule has 2 unspecified atom stereocenters. The summed E-state index contributed by atoms with van der Waals surface area (Å²) in [6.45, 7) is 5.80. The van der Waals surface area contributed by atoms with E-state index < -0.39 is 0 Å². The van der Waals surface area contributed by atoms with E-state index in [1.807, 2.05) is 14.0 Å². The molecule has 0 aliphatic carbocycles. The van der Waals surface area contributed by atoms with Gasteiger partial charge in [0.05, 0.1) is 11.1 Å². The summed E-state index contributed by atoms with van der Waals surface area (Å²) >= 11 is 3.40. The zero-order chi connectivity index (χ0) is 16.8. The molecule has 7 nitrogen and oxygen atoms in total. The van der Waals surface area contributed by atoms with Crippen molar-refractivity contribution in [3.05, 3.63) is 10.7 Å². The summed E-state index contributed by atoms with van der Waals surface area (Å²) in [5.74, 6) is 1.67. The van der Waals surface area contributed by atoms with Crippen LogP contribution >= 0.6 is 15.9 Å². The number of amides is 1. The minimum Gasteiger partial charge on any atom is -0.450 e. The Morgan fingerprint density at radius 2 is 2.39 bits per heavy atom. The Bertz CT molecular complexity index is 543. The maximum absolute atomic E-state index is 11.9. The number of piperidine rings is 1. The monoisotopic (exact) mass is 385 g/mol. The molecule has 1 aromatic heterocycles. The first-order valence-electron chi connectivity index (χ1n) is 7.93. The van der Waals surface area contributed by atoms with Gasteiger partial charge in [-0.3, -0.25) is 0 Å². The lowest BCUT2D eigenvalue weighted by Gasteiger charge is -2.35. The summed E-state index contributed by atoms with van der Waals surface area (Å²) in [5, 5.41) is 6.36. The van der Waals surface area contributed by atoms with Crippen LogP contribution in [0.1, 0.15) is 26.7 Å². The molecule has 0 bridgehead atoms. The third-order valence-corrected chi connectivity index (χ3v) is 4.61. The third kappa shape index (κ3) is 4.70. The molecule has 2 heterocycles. The van der Waals surface area contributed by atoms with Crippen LogP contribution in [0.5, 0.6) is 0 Å². The molecule has 1 saturated heterocycles. The Hall–Kier alpha value is -1.57. The number of anilines is 2. The van der Waals surface area contributed by atoms with Gasteiger partial charge in [-0.05, 0) is 48.5 Å². The highest BCUT2D eigenvalue weighted by atomic mass is 79.9. The molecule has 2 rings (SSSR count). The molecule has 1 amide bonds. The second-order valence-corrected chi connectivity index (χ2v) is 6.47. The topological polar surface area (TPSA) is 79.4 Å². The number of carbonyl (C=O) groups excluding carboxylic acids is 1. The largest absolute Gasteiger partial charge is 0.450 e. The molecule has 0 saturated carbocycles. The average Bonchev–Trinajstić information content (AvgIpc) is 2.57. The van der Waals surface area contributed by atoms with Crippen LogP contribution in [0.3, 0.4) is 0 Å². The highest BCUT2D eigenvalue weighted by Gasteiger charge is 2.28. The summed E-state index contributed by atoms with van der Waals surface area (Å²) < 4.78 is 5.92. The van der Waals surface area contributed by atoms with E-state index in [9.17, 15) is 4.79 Å². The Morgan fingerprint density at radius 3 is 3.09 bits per heavy atom. The fourth-order valence-corrected chi connectivity index (χ4v) is 3.12. The van der Waals surface area contributed by atoms with Crippen molar-refractivity contribution in [1.82, 2.24) is 14.9 Å². The van der Waals surface area contributed by atoms with Crippen molar-refractivity contribution < 1.29 is 9.53 Å². The number of hydrogen-bond acceptors (Lipinski definition) is 6. The molecule has 1 aliphatic rings. The number of nitrogens with zero attached hydrogens (tertiary/aromatic N) is 3. The number of nitrogens with one attached hydrogen (secondary N) is 2. The standard InChI is InChI=1S/C15H24BrN5O2/c1-4-23-15(22)21-7-5-6-11(9-21)10(2)19-14-18-8-12(16)13(17-3)20-14/h8,10-11H,4-7,9H2,1-3H3,(H2,17,18,19,20). The number of hydrogen-bond donors (Lipinski definition) is 2. The lowest BCUT2D eigenvalue weighted by Crippen LogP contribution is -2.45. The maximum atomic E-state index is 11.9. The fraction of sp³-hybridized carbons (Fsp3) is 0.667. The lowest BCUT2D eigenvalue weighted by atomic mass is 9.92. The van der Waals surface area contributed by atoms with Crippen molar-refractivity contribution in [3.63, 3.8) is 0 Å². The molecular formula is C15H24BrN5O2. The van der Waals surface area contributed by atoms with Gasteiger partial charge < -0.3 is 20.3 Å². The lowest BCUT2D eigenvalue weighted by molar-refractivity contribution is 0.0864. The first kappa shape index (κ1) is 17.8. The van der Waals surface area contributed by atoms with E-state index in [1.54, 1.807) is 11.1 Å². The molecular weight excluding hydrogens is 362 g/mol. The zero-order valence-corrected chi connectivity index (χ0v) is 15.4. The van der Waals surface area contributed by atoms with E-state index in [1.165, 1.54) is 0 Å². The molecule has 23 heavy (non-hydrogen) atoms. The van der Waals surface area contributed by atoms with Crippen molar-refractivity contribution in [3.8, 4) is 0 Å². The van der Waals surface area contributed by atoms with Crippen molar-refractivity contribution in [2.45, 2.75) is 32.7 Å². The van der Waals surface area contributed by atoms with Crippen molar-refractivity contribution >= 4 is 33.8 Å².